The molecule has 0 N–H and O–H groups in total. The standard InChI is InChI=1S/C29H33ClN2O4S/c1-2-35-17-6-15-31(28(34)21-36-20-22-7-4-3-5-8-22)19-27(33)32-16-13-26-25(14-18-37-26)29(32)23-9-11-24(30)12-10-23/h3-5,7-12,14,18,29H,2,6,13,15-17,19-21H2,1H3. The van der Waals surface area contributed by atoms with Gasteiger partial charge >= 0.3 is 0 Å². The molecular weight excluding hydrogens is 508 g/mol. The van der Waals surface area contributed by atoms with Crippen LogP contribution in [0.4, 0.5) is 0 Å². The lowest BCUT2D eigenvalue weighted by molar-refractivity contribution is -0.144. The molecule has 8 heteroatoms. The van der Waals surface area contributed by atoms with Gasteiger partial charge in [0.05, 0.1) is 19.2 Å². The Morgan fingerprint density at radius 1 is 1.08 bits per heavy atom. The number of ether oxygens (including phenoxy) is 2. The van der Waals surface area contributed by atoms with Crippen LogP contribution in [0.3, 0.4) is 0 Å². The highest BCUT2D eigenvalue weighted by molar-refractivity contribution is 7.10. The molecule has 0 radical (unpaired) electrons. The van der Waals surface area contributed by atoms with Crippen LogP contribution in [0.2, 0.25) is 5.02 Å². The molecule has 2 heterocycles. The zero-order valence-electron chi connectivity index (χ0n) is 21.1. The van der Waals surface area contributed by atoms with E-state index in [1.54, 1.807) is 16.2 Å². The minimum Gasteiger partial charge on any atom is -0.382 e. The zero-order chi connectivity index (χ0) is 26.0. The second-order valence-corrected chi connectivity index (χ2v) is 10.4. The molecule has 1 aliphatic heterocycles. The molecule has 0 saturated carbocycles. The minimum absolute atomic E-state index is 0.00319. The Labute approximate surface area is 227 Å². The Morgan fingerprint density at radius 2 is 1.86 bits per heavy atom. The number of thiophene rings is 1. The van der Waals surface area contributed by atoms with Crippen LogP contribution in [-0.4, -0.2) is 61.1 Å². The van der Waals surface area contributed by atoms with E-state index in [0.717, 1.165) is 23.1 Å². The number of carbonyl (C=O) groups excluding carboxylic acids is 2. The van der Waals surface area contributed by atoms with Gasteiger partial charge in [-0.25, -0.2) is 0 Å². The smallest absolute Gasteiger partial charge is 0.249 e. The van der Waals surface area contributed by atoms with Crippen LogP contribution in [0.5, 0.6) is 0 Å². The quantitative estimate of drug-likeness (QED) is 0.291. The maximum atomic E-state index is 13.7. The molecule has 196 valence electrons. The number of nitrogens with zero attached hydrogens (tertiary/aromatic N) is 2. The third-order valence-corrected chi connectivity index (χ3v) is 7.66. The van der Waals surface area contributed by atoms with E-state index < -0.39 is 0 Å². The van der Waals surface area contributed by atoms with Crippen molar-refractivity contribution in [3.05, 3.63) is 92.6 Å². The maximum absolute atomic E-state index is 13.7. The third-order valence-electron chi connectivity index (χ3n) is 6.41. The predicted molar refractivity (Wildman–Crippen MR) is 147 cm³/mol. The van der Waals surface area contributed by atoms with Crippen molar-refractivity contribution in [3.63, 3.8) is 0 Å². The fraction of sp³-hybridized carbons (Fsp3) is 0.379. The number of amides is 2. The highest BCUT2D eigenvalue weighted by atomic mass is 35.5. The largest absolute Gasteiger partial charge is 0.382 e. The molecule has 1 atom stereocenters. The van der Waals surface area contributed by atoms with Gasteiger partial charge < -0.3 is 19.3 Å². The summed E-state index contributed by atoms with van der Waals surface area (Å²) in [5, 5.41) is 2.74. The van der Waals surface area contributed by atoms with Crippen molar-refractivity contribution >= 4 is 34.8 Å². The van der Waals surface area contributed by atoms with Crippen molar-refractivity contribution in [3.8, 4) is 0 Å². The SMILES string of the molecule is CCOCCCN(CC(=O)N1CCc2sccc2C1c1ccc(Cl)cc1)C(=O)COCc1ccccc1. The molecule has 4 rings (SSSR count). The second kappa shape index (κ2) is 13.7. The number of benzene rings is 2. The van der Waals surface area contributed by atoms with Crippen molar-refractivity contribution in [1.82, 2.24) is 9.80 Å². The van der Waals surface area contributed by atoms with E-state index in [1.807, 2.05) is 66.4 Å². The van der Waals surface area contributed by atoms with Crippen LogP contribution in [-0.2, 0) is 32.1 Å². The van der Waals surface area contributed by atoms with Gasteiger partial charge in [-0.15, -0.1) is 11.3 Å². The van der Waals surface area contributed by atoms with Crippen molar-refractivity contribution in [1.29, 1.82) is 0 Å². The third kappa shape index (κ3) is 7.42. The van der Waals surface area contributed by atoms with Crippen LogP contribution in [0, 0.1) is 0 Å². The van der Waals surface area contributed by atoms with E-state index in [9.17, 15) is 9.59 Å². The predicted octanol–water partition coefficient (Wildman–Crippen LogP) is 5.35. The van der Waals surface area contributed by atoms with Crippen LogP contribution in [0.15, 0.2) is 66.0 Å². The maximum Gasteiger partial charge on any atom is 0.249 e. The van der Waals surface area contributed by atoms with E-state index in [0.29, 0.717) is 44.4 Å². The summed E-state index contributed by atoms with van der Waals surface area (Å²) in [4.78, 5) is 31.6. The van der Waals surface area contributed by atoms with E-state index in [-0.39, 0.29) is 31.0 Å². The highest BCUT2D eigenvalue weighted by Crippen LogP contribution is 2.38. The fourth-order valence-electron chi connectivity index (χ4n) is 4.56. The number of hydrogen-bond donors (Lipinski definition) is 0. The molecule has 1 aromatic heterocycles. The first-order valence-electron chi connectivity index (χ1n) is 12.6. The van der Waals surface area contributed by atoms with Gasteiger partial charge in [0.15, 0.2) is 0 Å². The van der Waals surface area contributed by atoms with Gasteiger partial charge in [-0.2, -0.15) is 0 Å². The Kier molecular flexibility index (Phi) is 10.1. The molecule has 1 aliphatic rings. The molecule has 0 fully saturated rings. The van der Waals surface area contributed by atoms with Crippen molar-refractivity contribution in [2.45, 2.75) is 32.4 Å². The van der Waals surface area contributed by atoms with Gasteiger partial charge in [-0.05, 0) is 60.0 Å². The Hall–Kier alpha value is -2.71. The molecule has 6 nitrogen and oxygen atoms in total. The molecule has 0 bridgehead atoms. The molecule has 1 unspecified atom stereocenters. The topological polar surface area (TPSA) is 59.1 Å². The Morgan fingerprint density at radius 3 is 2.62 bits per heavy atom. The first-order chi connectivity index (χ1) is 18.1. The zero-order valence-corrected chi connectivity index (χ0v) is 22.7. The van der Waals surface area contributed by atoms with Crippen molar-refractivity contribution < 1.29 is 19.1 Å². The summed E-state index contributed by atoms with van der Waals surface area (Å²) in [7, 11) is 0. The van der Waals surface area contributed by atoms with Crippen LogP contribution in [0.25, 0.3) is 0 Å². The van der Waals surface area contributed by atoms with Gasteiger partial charge in [0.2, 0.25) is 11.8 Å². The molecule has 0 spiro atoms. The van der Waals surface area contributed by atoms with E-state index in [4.69, 9.17) is 21.1 Å². The molecular formula is C29H33ClN2O4S. The Bertz CT molecular complexity index is 1150. The van der Waals surface area contributed by atoms with E-state index in [2.05, 4.69) is 11.4 Å². The summed E-state index contributed by atoms with van der Waals surface area (Å²) in [5.74, 6) is -0.276. The molecule has 2 amide bonds. The summed E-state index contributed by atoms with van der Waals surface area (Å²) in [6.07, 6.45) is 1.46. The van der Waals surface area contributed by atoms with Crippen molar-refractivity contribution in [2.75, 3.05) is 39.5 Å². The second-order valence-electron chi connectivity index (χ2n) is 8.93. The van der Waals surface area contributed by atoms with Crippen LogP contribution >= 0.6 is 22.9 Å². The summed E-state index contributed by atoms with van der Waals surface area (Å²) in [6, 6.07) is 19.3. The first-order valence-corrected chi connectivity index (χ1v) is 13.9. The van der Waals surface area contributed by atoms with Gasteiger partial charge in [0, 0.05) is 36.2 Å². The molecule has 3 aromatic rings. The van der Waals surface area contributed by atoms with E-state index in [1.165, 1.54) is 4.88 Å². The number of carbonyl (C=O) groups is 2. The van der Waals surface area contributed by atoms with Gasteiger partial charge in [-0.1, -0.05) is 54.1 Å². The molecule has 37 heavy (non-hydrogen) atoms. The lowest BCUT2D eigenvalue weighted by atomic mass is 9.93. The molecule has 2 aromatic carbocycles. The average Bonchev–Trinajstić information content (AvgIpc) is 3.40. The van der Waals surface area contributed by atoms with Gasteiger partial charge in [0.1, 0.15) is 6.61 Å². The number of rotatable bonds is 12. The van der Waals surface area contributed by atoms with E-state index >= 15 is 0 Å². The lowest BCUT2D eigenvalue weighted by Crippen LogP contribution is -2.47. The monoisotopic (exact) mass is 540 g/mol. The fourth-order valence-corrected chi connectivity index (χ4v) is 5.59. The minimum atomic E-state index is -0.200. The summed E-state index contributed by atoms with van der Waals surface area (Å²) in [5.41, 5.74) is 3.16. The first kappa shape index (κ1) is 27.3. The Balaban J connectivity index is 1.46. The normalized spacial score (nSPS) is 14.9. The molecule has 0 saturated heterocycles. The van der Waals surface area contributed by atoms with Gasteiger partial charge in [0.25, 0.3) is 0 Å². The highest BCUT2D eigenvalue weighted by Gasteiger charge is 2.34. The average molecular weight is 541 g/mol. The summed E-state index contributed by atoms with van der Waals surface area (Å²) < 4.78 is 11.2. The summed E-state index contributed by atoms with van der Waals surface area (Å²) >= 11 is 7.86. The number of fused-ring (bicyclic) bond motifs is 1. The number of hydrogen-bond acceptors (Lipinski definition) is 5. The van der Waals surface area contributed by atoms with Crippen molar-refractivity contribution in [2.24, 2.45) is 0 Å². The number of halogens is 1. The molecule has 0 aliphatic carbocycles. The lowest BCUT2D eigenvalue weighted by Gasteiger charge is -2.37. The summed E-state index contributed by atoms with van der Waals surface area (Å²) in [6.45, 7) is 4.40. The van der Waals surface area contributed by atoms with Crippen LogP contribution < -0.4 is 0 Å². The van der Waals surface area contributed by atoms with Gasteiger partial charge in [-0.3, -0.25) is 9.59 Å². The van der Waals surface area contributed by atoms with Crippen LogP contribution in [0.1, 0.15) is 41.0 Å².